The van der Waals surface area contributed by atoms with Crippen molar-refractivity contribution in [2.24, 2.45) is 5.92 Å². The van der Waals surface area contributed by atoms with Crippen LogP contribution in [0.3, 0.4) is 0 Å². The molecule has 1 saturated heterocycles. The molecule has 1 aliphatic heterocycles. The van der Waals surface area contributed by atoms with E-state index in [-0.39, 0.29) is 24.0 Å². The number of carbonyl (C=O) groups is 1. The first-order valence-electron chi connectivity index (χ1n) is 14.8. The van der Waals surface area contributed by atoms with Crippen molar-refractivity contribution in [2.45, 2.75) is 88.8 Å². The summed E-state index contributed by atoms with van der Waals surface area (Å²) in [6, 6.07) is 8.01. The van der Waals surface area contributed by atoms with E-state index >= 15 is 0 Å². The number of hydrogen-bond donors (Lipinski definition) is 2. The van der Waals surface area contributed by atoms with Gasteiger partial charge in [-0.25, -0.2) is 15.0 Å². The van der Waals surface area contributed by atoms with Gasteiger partial charge in [0, 0.05) is 61.6 Å². The van der Waals surface area contributed by atoms with Gasteiger partial charge in [-0.15, -0.1) is 0 Å². The second-order valence-corrected chi connectivity index (χ2v) is 13.1. The van der Waals surface area contributed by atoms with Crippen LogP contribution >= 0.6 is 11.3 Å². The molecule has 4 aliphatic rings. The van der Waals surface area contributed by atoms with E-state index in [2.05, 4.69) is 43.1 Å². The van der Waals surface area contributed by atoms with Gasteiger partial charge in [0.2, 0.25) is 5.91 Å². The first kappa shape index (κ1) is 26.4. The van der Waals surface area contributed by atoms with Crippen LogP contribution in [0, 0.1) is 5.92 Å². The Balaban J connectivity index is 0.927. The molecule has 0 spiro atoms. The zero-order valence-corrected chi connectivity index (χ0v) is 23.9. The van der Waals surface area contributed by atoms with Gasteiger partial charge in [0.25, 0.3) is 0 Å². The summed E-state index contributed by atoms with van der Waals surface area (Å²) in [4.78, 5) is 31.9. The molecular formula is C30H38N6O3S. The molecule has 7 rings (SSSR count). The molecule has 3 heterocycles. The normalized spacial score (nSPS) is 29.5. The summed E-state index contributed by atoms with van der Waals surface area (Å²) in [5.74, 6) is 0.772. The van der Waals surface area contributed by atoms with Crippen molar-refractivity contribution in [3.05, 3.63) is 36.4 Å². The lowest BCUT2D eigenvalue weighted by atomic mass is 9.78. The van der Waals surface area contributed by atoms with Crippen LogP contribution in [0.25, 0.3) is 21.3 Å². The maximum absolute atomic E-state index is 13.0. The molecule has 4 fully saturated rings. The van der Waals surface area contributed by atoms with Crippen LogP contribution in [0.15, 0.2) is 30.6 Å². The van der Waals surface area contributed by atoms with E-state index in [9.17, 15) is 9.90 Å². The molecule has 3 atom stereocenters. The number of amides is 1. The van der Waals surface area contributed by atoms with Gasteiger partial charge in [0.15, 0.2) is 11.0 Å². The predicted molar refractivity (Wildman–Crippen MR) is 155 cm³/mol. The molecule has 10 heteroatoms. The minimum atomic E-state index is -0.382. The minimum Gasteiger partial charge on any atom is -0.390 e. The molecule has 2 aromatic heterocycles. The van der Waals surface area contributed by atoms with Crippen LogP contribution in [0.4, 0.5) is 5.13 Å². The van der Waals surface area contributed by atoms with Crippen molar-refractivity contribution in [3.63, 3.8) is 0 Å². The summed E-state index contributed by atoms with van der Waals surface area (Å²) in [7, 11) is 0. The Morgan fingerprint density at radius 2 is 1.93 bits per heavy atom. The topological polar surface area (TPSA) is 104 Å². The molecule has 212 valence electrons. The van der Waals surface area contributed by atoms with Crippen molar-refractivity contribution < 1.29 is 14.6 Å². The number of carbonyl (C=O) groups excluding carboxylic acids is 1. The van der Waals surface area contributed by atoms with Crippen LogP contribution in [-0.4, -0.2) is 85.7 Å². The number of aliphatic hydroxyl groups is 1. The molecule has 3 aromatic rings. The number of fused-ring (bicyclic) bond motifs is 1. The van der Waals surface area contributed by atoms with Gasteiger partial charge >= 0.3 is 0 Å². The number of piperazine rings is 1. The van der Waals surface area contributed by atoms with E-state index in [4.69, 9.17) is 4.74 Å². The Bertz CT molecular complexity index is 1360. The van der Waals surface area contributed by atoms with Crippen LogP contribution in [0.5, 0.6) is 0 Å². The van der Waals surface area contributed by atoms with Gasteiger partial charge < -0.3 is 15.2 Å². The highest BCUT2D eigenvalue weighted by Crippen LogP contribution is 2.37. The van der Waals surface area contributed by atoms with Crippen LogP contribution in [-0.2, 0) is 16.1 Å². The summed E-state index contributed by atoms with van der Waals surface area (Å²) < 4.78 is 6.82. The fourth-order valence-electron chi connectivity index (χ4n) is 6.61. The van der Waals surface area contributed by atoms with E-state index < -0.39 is 0 Å². The van der Waals surface area contributed by atoms with Crippen LogP contribution in [0.2, 0.25) is 0 Å². The Labute approximate surface area is 239 Å². The number of hydrogen-bond acceptors (Lipinski definition) is 9. The number of nitrogens with one attached hydrogen (secondary N) is 1. The third kappa shape index (κ3) is 5.52. The molecular weight excluding hydrogens is 524 g/mol. The fraction of sp³-hybridized carbons (Fsp3) is 0.600. The highest BCUT2D eigenvalue weighted by molar-refractivity contribution is 7.22. The second-order valence-electron chi connectivity index (χ2n) is 12.1. The van der Waals surface area contributed by atoms with Crippen LogP contribution in [0.1, 0.15) is 57.7 Å². The van der Waals surface area contributed by atoms with E-state index in [1.165, 1.54) is 37.3 Å². The molecule has 1 aromatic carbocycles. The number of benzene rings is 1. The lowest BCUT2D eigenvalue weighted by Gasteiger charge is -2.49. The van der Waals surface area contributed by atoms with Crippen molar-refractivity contribution in [3.8, 4) is 11.1 Å². The summed E-state index contributed by atoms with van der Waals surface area (Å²) in [5, 5.41) is 13.7. The first-order chi connectivity index (χ1) is 19.5. The third-order valence-electron chi connectivity index (χ3n) is 9.23. The predicted octanol–water partition coefficient (Wildman–Crippen LogP) is 4.07. The van der Waals surface area contributed by atoms with Gasteiger partial charge in [-0.3, -0.25) is 14.6 Å². The number of aromatic nitrogens is 3. The van der Waals surface area contributed by atoms with Gasteiger partial charge in [0.1, 0.15) is 6.61 Å². The Morgan fingerprint density at radius 1 is 1.10 bits per heavy atom. The van der Waals surface area contributed by atoms with Crippen molar-refractivity contribution in [1.82, 2.24) is 24.8 Å². The molecule has 0 bridgehead atoms. The van der Waals surface area contributed by atoms with E-state index in [1.807, 2.05) is 12.1 Å². The molecule has 40 heavy (non-hydrogen) atoms. The maximum atomic E-state index is 13.0. The molecule has 1 amide bonds. The van der Waals surface area contributed by atoms with Crippen molar-refractivity contribution in [1.29, 1.82) is 0 Å². The number of aliphatic hydroxyl groups excluding tert-OH is 1. The largest absolute Gasteiger partial charge is 0.390 e. The number of nitrogens with zero attached hydrogens (tertiary/aromatic N) is 5. The molecule has 0 unspecified atom stereocenters. The first-order valence-corrected chi connectivity index (χ1v) is 15.6. The van der Waals surface area contributed by atoms with Crippen molar-refractivity contribution in [2.75, 3.05) is 25.0 Å². The maximum Gasteiger partial charge on any atom is 0.229 e. The van der Waals surface area contributed by atoms with Gasteiger partial charge in [-0.05, 0) is 69.6 Å². The number of rotatable bonds is 8. The number of ether oxygens (including phenoxy) is 1. The smallest absolute Gasteiger partial charge is 0.229 e. The lowest BCUT2D eigenvalue weighted by Crippen LogP contribution is -2.59. The zero-order valence-electron chi connectivity index (χ0n) is 23.0. The quantitative estimate of drug-likeness (QED) is 0.424. The fourth-order valence-corrected chi connectivity index (χ4v) is 7.52. The third-order valence-corrected chi connectivity index (χ3v) is 10.2. The zero-order chi connectivity index (χ0) is 27.2. The van der Waals surface area contributed by atoms with Gasteiger partial charge in [0.05, 0.1) is 22.4 Å². The molecule has 9 nitrogen and oxygen atoms in total. The lowest BCUT2D eigenvalue weighted by molar-refractivity contribution is -0.125. The van der Waals surface area contributed by atoms with Gasteiger partial charge in [-0.1, -0.05) is 17.4 Å². The summed E-state index contributed by atoms with van der Waals surface area (Å²) in [6.45, 7) is 6.11. The minimum absolute atomic E-state index is 0.0674. The number of anilines is 1. The molecule has 3 aliphatic carbocycles. The summed E-state index contributed by atoms with van der Waals surface area (Å²) in [5.41, 5.74) is 2.79. The van der Waals surface area contributed by atoms with Crippen LogP contribution < -0.4 is 5.32 Å². The average Bonchev–Trinajstić information content (AvgIpc) is 3.58. The Morgan fingerprint density at radius 3 is 2.65 bits per heavy atom. The number of thiazole rings is 1. The second kappa shape index (κ2) is 11.1. The monoisotopic (exact) mass is 562 g/mol. The molecule has 3 saturated carbocycles. The standard InChI is InChI=1S/C30H38N6O3S/c1-18-16-35(22-6-7-22)9-10-36(18)23-11-20(12-23)29(38)34-30-33-24-8-5-19(13-27(24)40-30)21-14-31-28(32-15-21)17-39-26-4-2-3-25(26)37/h5,8,13-15,18,20,22-23,25-26,37H,2-4,6-7,9-12,16-17H2,1H3,(H,33,34,38)/t18-,20?,23?,25-,26-/m0/s1. The van der Waals surface area contributed by atoms with Gasteiger partial charge in [-0.2, -0.15) is 0 Å². The highest BCUT2D eigenvalue weighted by Gasteiger charge is 2.42. The Kier molecular flexibility index (Phi) is 7.30. The van der Waals surface area contributed by atoms with E-state index in [1.54, 1.807) is 12.4 Å². The molecule has 2 N–H and O–H groups in total. The Hall–Kier alpha value is -2.50. The summed E-state index contributed by atoms with van der Waals surface area (Å²) >= 11 is 1.51. The van der Waals surface area contributed by atoms with E-state index in [0.717, 1.165) is 66.0 Å². The SMILES string of the molecule is C[C@H]1CN(C2CC2)CCN1C1CC(C(=O)Nc2nc3ccc(-c4cnc(CO[C@H]5CCC[C@@H]5O)nc4)cc3s2)C1. The highest BCUT2D eigenvalue weighted by atomic mass is 32.1. The molecule has 0 radical (unpaired) electrons. The average molecular weight is 563 g/mol. The van der Waals surface area contributed by atoms with Crippen molar-refractivity contribution >= 4 is 32.6 Å². The summed E-state index contributed by atoms with van der Waals surface area (Å²) in [6.07, 6.45) is 10.4. The van der Waals surface area contributed by atoms with E-state index in [0.29, 0.717) is 29.6 Å².